The fraction of sp³-hybridized carbons (Fsp3) is 0.231. The molecule has 0 aliphatic heterocycles. The lowest BCUT2D eigenvalue weighted by Crippen LogP contribution is -2.16. The largest absolute Gasteiger partial charge is 0.356 e. The SMILES string of the molecule is CN(Cc1ccccc1Br)c1sc(S(C)(=O)=O)cc1[N+](=O)[O-]. The third kappa shape index (κ3) is 3.65. The monoisotopic (exact) mass is 404 g/mol. The Bertz CT molecular complexity index is 817. The van der Waals surface area contributed by atoms with Crippen LogP contribution < -0.4 is 4.90 Å². The summed E-state index contributed by atoms with van der Waals surface area (Å²) in [5.74, 6) is 0. The zero-order valence-corrected chi connectivity index (χ0v) is 15.0. The van der Waals surface area contributed by atoms with Crippen LogP contribution in [0, 0.1) is 10.1 Å². The van der Waals surface area contributed by atoms with Crippen LogP contribution in [-0.2, 0) is 16.4 Å². The first-order chi connectivity index (χ1) is 10.2. The van der Waals surface area contributed by atoms with Crippen LogP contribution in [0.1, 0.15) is 5.56 Å². The van der Waals surface area contributed by atoms with Crippen LogP contribution >= 0.6 is 27.3 Å². The van der Waals surface area contributed by atoms with Gasteiger partial charge in [0.1, 0.15) is 4.21 Å². The molecular weight excluding hydrogens is 392 g/mol. The van der Waals surface area contributed by atoms with Crippen LogP contribution in [0.5, 0.6) is 0 Å². The zero-order chi connectivity index (χ0) is 16.5. The van der Waals surface area contributed by atoms with Gasteiger partial charge < -0.3 is 4.90 Å². The first-order valence-electron chi connectivity index (χ1n) is 6.13. The number of halogens is 1. The minimum absolute atomic E-state index is 0.00632. The van der Waals surface area contributed by atoms with Gasteiger partial charge in [-0.3, -0.25) is 10.1 Å². The molecule has 0 atom stereocenters. The molecule has 1 aromatic carbocycles. The highest BCUT2D eigenvalue weighted by molar-refractivity contribution is 9.10. The second-order valence-electron chi connectivity index (χ2n) is 4.73. The molecule has 0 spiro atoms. The highest BCUT2D eigenvalue weighted by Gasteiger charge is 2.26. The normalized spacial score (nSPS) is 11.4. The molecule has 2 rings (SSSR count). The number of hydrogen-bond donors (Lipinski definition) is 0. The van der Waals surface area contributed by atoms with Gasteiger partial charge >= 0.3 is 5.69 Å². The molecule has 6 nitrogen and oxygen atoms in total. The van der Waals surface area contributed by atoms with E-state index in [9.17, 15) is 18.5 Å². The van der Waals surface area contributed by atoms with E-state index in [1.807, 2.05) is 24.3 Å². The van der Waals surface area contributed by atoms with Gasteiger partial charge in [-0.1, -0.05) is 45.5 Å². The minimum atomic E-state index is -3.47. The molecule has 0 bridgehead atoms. The molecular formula is C13H13BrN2O4S2. The first kappa shape index (κ1) is 16.9. The van der Waals surface area contributed by atoms with Crippen molar-refractivity contribution in [1.82, 2.24) is 0 Å². The zero-order valence-electron chi connectivity index (χ0n) is 11.8. The van der Waals surface area contributed by atoms with E-state index in [2.05, 4.69) is 15.9 Å². The summed E-state index contributed by atoms with van der Waals surface area (Å²) in [6, 6.07) is 8.65. The number of sulfone groups is 1. The molecule has 1 heterocycles. The molecule has 2 aromatic rings. The maximum absolute atomic E-state index is 11.6. The van der Waals surface area contributed by atoms with Crippen LogP contribution in [0.15, 0.2) is 39.0 Å². The van der Waals surface area contributed by atoms with Gasteiger partial charge in [-0.2, -0.15) is 0 Å². The Morgan fingerprint density at radius 3 is 2.55 bits per heavy atom. The minimum Gasteiger partial charge on any atom is -0.356 e. The highest BCUT2D eigenvalue weighted by Crippen LogP contribution is 2.40. The van der Waals surface area contributed by atoms with Crippen LogP contribution in [0.3, 0.4) is 0 Å². The quantitative estimate of drug-likeness (QED) is 0.562. The molecule has 118 valence electrons. The van der Waals surface area contributed by atoms with Gasteiger partial charge in [-0.15, -0.1) is 0 Å². The Balaban J connectivity index is 2.41. The average molecular weight is 405 g/mol. The van der Waals surface area contributed by atoms with Crippen LogP contribution in [0.2, 0.25) is 0 Å². The maximum Gasteiger partial charge on any atom is 0.305 e. The average Bonchev–Trinajstić information content (AvgIpc) is 2.86. The molecule has 0 saturated heterocycles. The predicted molar refractivity (Wildman–Crippen MR) is 90.3 cm³/mol. The van der Waals surface area contributed by atoms with Crippen molar-refractivity contribution < 1.29 is 13.3 Å². The molecule has 9 heteroatoms. The van der Waals surface area contributed by atoms with Crippen molar-refractivity contribution in [2.45, 2.75) is 10.8 Å². The van der Waals surface area contributed by atoms with Crippen molar-refractivity contribution in [3.8, 4) is 0 Å². The van der Waals surface area contributed by atoms with Gasteiger partial charge in [0.2, 0.25) is 0 Å². The van der Waals surface area contributed by atoms with Crippen LogP contribution in [0.25, 0.3) is 0 Å². The lowest BCUT2D eigenvalue weighted by molar-refractivity contribution is -0.383. The summed E-state index contributed by atoms with van der Waals surface area (Å²) >= 11 is 4.34. The smallest absolute Gasteiger partial charge is 0.305 e. The lowest BCUT2D eigenvalue weighted by Gasteiger charge is -2.17. The molecule has 0 aliphatic rings. The fourth-order valence-corrected chi connectivity index (χ4v) is 4.29. The van der Waals surface area contributed by atoms with Gasteiger partial charge in [0.05, 0.1) is 4.92 Å². The molecule has 1 aromatic heterocycles. The van der Waals surface area contributed by atoms with Gasteiger partial charge in [0, 0.05) is 30.4 Å². The Hall–Kier alpha value is -1.45. The number of thiophene rings is 1. The topological polar surface area (TPSA) is 80.5 Å². The van der Waals surface area contributed by atoms with Gasteiger partial charge in [0.25, 0.3) is 0 Å². The standard InChI is InChI=1S/C13H13BrN2O4S2/c1-15(8-9-5-3-4-6-10(9)14)13-11(16(17)18)7-12(21-13)22(2,19)20/h3-7H,8H2,1-2H3. The van der Waals surface area contributed by atoms with E-state index in [-0.39, 0.29) is 9.90 Å². The molecule has 0 amide bonds. The number of hydrogen-bond acceptors (Lipinski definition) is 6. The summed E-state index contributed by atoms with van der Waals surface area (Å²) in [5, 5.41) is 11.5. The van der Waals surface area contributed by atoms with E-state index in [0.29, 0.717) is 11.5 Å². The third-order valence-electron chi connectivity index (χ3n) is 2.95. The first-order valence-corrected chi connectivity index (χ1v) is 9.63. The summed E-state index contributed by atoms with van der Waals surface area (Å²) in [6.07, 6.45) is 1.04. The van der Waals surface area contributed by atoms with E-state index >= 15 is 0 Å². The summed E-state index contributed by atoms with van der Waals surface area (Å²) in [7, 11) is -1.78. The molecule has 0 N–H and O–H groups in total. The van der Waals surface area contributed by atoms with Crippen molar-refractivity contribution >= 4 is 47.8 Å². The Labute approximate surface area is 140 Å². The predicted octanol–water partition coefficient (Wildman–Crippen LogP) is 3.46. The van der Waals surface area contributed by atoms with Gasteiger partial charge in [0.15, 0.2) is 14.8 Å². The molecule has 0 unspecified atom stereocenters. The number of anilines is 1. The van der Waals surface area contributed by atoms with E-state index in [1.165, 1.54) is 0 Å². The van der Waals surface area contributed by atoms with Crippen molar-refractivity contribution in [3.63, 3.8) is 0 Å². The molecule has 0 aliphatic carbocycles. The fourth-order valence-electron chi connectivity index (χ4n) is 1.89. The summed E-state index contributed by atoms with van der Waals surface area (Å²) < 4.78 is 24.1. The van der Waals surface area contributed by atoms with Crippen molar-refractivity contribution in [2.75, 3.05) is 18.2 Å². The number of nitro groups is 1. The highest BCUT2D eigenvalue weighted by atomic mass is 79.9. The van der Waals surface area contributed by atoms with E-state index in [0.717, 1.165) is 33.7 Å². The Kier molecular flexibility index (Phi) is 4.88. The lowest BCUT2D eigenvalue weighted by atomic mass is 10.2. The molecule has 0 fully saturated rings. The second-order valence-corrected chi connectivity index (χ2v) is 8.86. The van der Waals surface area contributed by atoms with E-state index < -0.39 is 14.8 Å². The Morgan fingerprint density at radius 2 is 2.00 bits per heavy atom. The summed E-state index contributed by atoms with van der Waals surface area (Å²) in [6.45, 7) is 0.423. The van der Waals surface area contributed by atoms with Gasteiger partial charge in [-0.25, -0.2) is 8.42 Å². The van der Waals surface area contributed by atoms with Crippen LogP contribution in [-0.4, -0.2) is 26.6 Å². The molecule has 22 heavy (non-hydrogen) atoms. The third-order valence-corrected chi connectivity index (χ3v) is 6.76. The number of nitrogens with zero attached hydrogens (tertiary/aromatic N) is 2. The van der Waals surface area contributed by atoms with Crippen LogP contribution in [0.4, 0.5) is 10.7 Å². The van der Waals surface area contributed by atoms with Gasteiger partial charge in [-0.05, 0) is 11.6 Å². The number of benzene rings is 1. The second kappa shape index (κ2) is 6.35. The Morgan fingerprint density at radius 1 is 1.36 bits per heavy atom. The molecule has 0 radical (unpaired) electrons. The maximum atomic E-state index is 11.6. The molecule has 0 saturated carbocycles. The summed E-state index contributed by atoms with van der Waals surface area (Å²) in [4.78, 5) is 12.3. The number of rotatable bonds is 5. The summed E-state index contributed by atoms with van der Waals surface area (Å²) in [5.41, 5.74) is 0.758. The van der Waals surface area contributed by atoms with Crippen molar-refractivity contribution in [2.24, 2.45) is 0 Å². The van der Waals surface area contributed by atoms with Crippen molar-refractivity contribution in [1.29, 1.82) is 0 Å². The van der Waals surface area contributed by atoms with Crippen molar-refractivity contribution in [3.05, 3.63) is 50.5 Å². The van der Waals surface area contributed by atoms with E-state index in [1.54, 1.807) is 11.9 Å². The van der Waals surface area contributed by atoms with E-state index in [4.69, 9.17) is 0 Å².